The van der Waals surface area contributed by atoms with Gasteiger partial charge in [0.25, 0.3) is 10.0 Å². The summed E-state index contributed by atoms with van der Waals surface area (Å²) >= 11 is 1.00. The zero-order valence-electron chi connectivity index (χ0n) is 17.4. The number of nitrogens with zero attached hydrogens (tertiary/aromatic N) is 1. The van der Waals surface area contributed by atoms with Crippen molar-refractivity contribution in [3.63, 3.8) is 0 Å². The second kappa shape index (κ2) is 8.60. The summed E-state index contributed by atoms with van der Waals surface area (Å²) in [5, 5.41) is 0. The molecule has 1 N–H and O–H groups in total. The summed E-state index contributed by atoms with van der Waals surface area (Å²) in [5.41, 5.74) is 2.83. The van der Waals surface area contributed by atoms with Gasteiger partial charge in [0.2, 0.25) is 0 Å². The van der Waals surface area contributed by atoms with E-state index in [1.807, 2.05) is 30.3 Å². The van der Waals surface area contributed by atoms with Gasteiger partial charge in [0, 0.05) is 0 Å². The van der Waals surface area contributed by atoms with Gasteiger partial charge in [-0.25, -0.2) is 13.2 Å². The van der Waals surface area contributed by atoms with Crippen LogP contribution in [0.2, 0.25) is 0 Å². The first-order valence-electron chi connectivity index (χ1n) is 9.67. The molecular weight excluding hydrogens is 448 g/mol. The number of nitrogens with one attached hydrogen (secondary N) is 1. The zero-order valence-corrected chi connectivity index (χ0v) is 19.0. The summed E-state index contributed by atoms with van der Waals surface area (Å²) in [7, 11) is -2.69. The topological polar surface area (TPSA) is 94.5 Å². The quantitative estimate of drug-likeness (QED) is 0.432. The van der Waals surface area contributed by atoms with Crippen molar-refractivity contribution in [2.24, 2.45) is 0 Å². The van der Waals surface area contributed by atoms with Gasteiger partial charge in [0.05, 0.1) is 40.0 Å². The van der Waals surface area contributed by atoms with E-state index >= 15 is 0 Å². The standard InChI is InChI=1S/C23H20N2O5S2/c1-15-8-9-17(22(26)30-2)12-19(15)24-32(28,29)18-10-11-20-21(13-18)31-23(27)25(20)14-16-6-4-3-5-7-16/h3-13,24H,14H2,1-2H3. The fourth-order valence-corrected chi connectivity index (χ4v) is 5.46. The van der Waals surface area contributed by atoms with Crippen molar-refractivity contribution in [1.29, 1.82) is 0 Å². The number of esters is 1. The smallest absolute Gasteiger partial charge is 0.337 e. The molecule has 4 rings (SSSR count). The van der Waals surface area contributed by atoms with Crippen LogP contribution in [0.25, 0.3) is 10.2 Å². The molecule has 3 aromatic carbocycles. The molecule has 0 amide bonds. The van der Waals surface area contributed by atoms with Crippen molar-refractivity contribution in [3.8, 4) is 0 Å². The normalized spacial score (nSPS) is 11.4. The number of rotatable bonds is 6. The van der Waals surface area contributed by atoms with E-state index in [-0.39, 0.29) is 21.0 Å². The van der Waals surface area contributed by atoms with Crippen LogP contribution in [0.4, 0.5) is 5.69 Å². The van der Waals surface area contributed by atoms with E-state index in [1.165, 1.54) is 25.3 Å². The van der Waals surface area contributed by atoms with E-state index in [0.717, 1.165) is 16.9 Å². The van der Waals surface area contributed by atoms with E-state index in [1.54, 1.807) is 29.7 Å². The van der Waals surface area contributed by atoms with Crippen molar-refractivity contribution >= 4 is 43.2 Å². The molecule has 0 aliphatic carbocycles. The Morgan fingerprint density at radius 1 is 1.06 bits per heavy atom. The van der Waals surface area contributed by atoms with Crippen LogP contribution in [-0.2, 0) is 21.3 Å². The second-order valence-electron chi connectivity index (χ2n) is 7.20. The van der Waals surface area contributed by atoms with Crippen LogP contribution in [0, 0.1) is 6.92 Å². The SMILES string of the molecule is COC(=O)c1ccc(C)c(NS(=O)(=O)c2ccc3c(c2)sc(=O)n3Cc2ccccc2)c1. The average molecular weight is 469 g/mol. The predicted octanol–water partition coefficient (Wildman–Crippen LogP) is 4.01. The minimum Gasteiger partial charge on any atom is -0.465 e. The van der Waals surface area contributed by atoms with Crippen LogP contribution in [-0.4, -0.2) is 26.1 Å². The van der Waals surface area contributed by atoms with E-state index in [2.05, 4.69) is 4.72 Å². The number of anilines is 1. The zero-order chi connectivity index (χ0) is 22.9. The number of hydrogen-bond acceptors (Lipinski definition) is 6. The number of aromatic nitrogens is 1. The number of aryl methyl sites for hydroxylation is 1. The molecular formula is C23H20N2O5S2. The molecule has 1 heterocycles. The van der Waals surface area contributed by atoms with Crippen molar-refractivity contribution < 1.29 is 17.9 Å². The first-order chi connectivity index (χ1) is 15.3. The van der Waals surface area contributed by atoms with Gasteiger partial charge in [-0.05, 0) is 48.4 Å². The maximum Gasteiger partial charge on any atom is 0.337 e. The summed E-state index contributed by atoms with van der Waals surface area (Å²) in [4.78, 5) is 24.2. The lowest BCUT2D eigenvalue weighted by Gasteiger charge is -2.12. The van der Waals surface area contributed by atoms with Gasteiger partial charge in [-0.15, -0.1) is 0 Å². The Kier molecular flexibility index (Phi) is 5.86. The fourth-order valence-electron chi connectivity index (χ4n) is 3.31. The number of carbonyl (C=O) groups excluding carboxylic acids is 1. The summed E-state index contributed by atoms with van der Waals surface area (Å²) in [5.74, 6) is -0.559. The van der Waals surface area contributed by atoms with E-state index in [4.69, 9.17) is 4.74 Å². The molecule has 0 bridgehead atoms. The number of hydrogen-bond donors (Lipinski definition) is 1. The Balaban J connectivity index is 1.68. The Hall–Kier alpha value is -3.43. The van der Waals surface area contributed by atoms with E-state index < -0.39 is 16.0 Å². The first kappa shape index (κ1) is 21.8. The van der Waals surface area contributed by atoms with Crippen LogP contribution >= 0.6 is 11.3 Å². The molecule has 1 aromatic heterocycles. The fraction of sp³-hybridized carbons (Fsp3) is 0.130. The third-order valence-corrected chi connectivity index (χ3v) is 7.34. The van der Waals surface area contributed by atoms with Gasteiger partial charge < -0.3 is 4.74 Å². The van der Waals surface area contributed by atoms with Crippen LogP contribution < -0.4 is 9.60 Å². The number of benzene rings is 3. The maximum absolute atomic E-state index is 13.0. The summed E-state index contributed by atoms with van der Waals surface area (Å²) in [6, 6.07) is 18.8. The molecule has 0 spiro atoms. The summed E-state index contributed by atoms with van der Waals surface area (Å²) in [6.07, 6.45) is 0. The molecule has 164 valence electrons. The maximum atomic E-state index is 13.0. The van der Waals surface area contributed by atoms with Crippen LogP contribution in [0.5, 0.6) is 0 Å². The lowest BCUT2D eigenvalue weighted by Crippen LogP contribution is -2.15. The third kappa shape index (κ3) is 4.30. The number of ether oxygens (including phenoxy) is 1. The molecule has 32 heavy (non-hydrogen) atoms. The Morgan fingerprint density at radius 3 is 2.53 bits per heavy atom. The van der Waals surface area contributed by atoms with Gasteiger partial charge in [-0.2, -0.15) is 0 Å². The van der Waals surface area contributed by atoms with Crippen LogP contribution in [0.1, 0.15) is 21.5 Å². The lowest BCUT2D eigenvalue weighted by atomic mass is 10.1. The number of carbonyl (C=O) groups is 1. The van der Waals surface area contributed by atoms with Gasteiger partial charge in [0.15, 0.2) is 0 Å². The molecule has 4 aromatic rings. The monoisotopic (exact) mass is 468 g/mol. The Morgan fingerprint density at radius 2 is 1.81 bits per heavy atom. The molecule has 0 saturated heterocycles. The molecule has 0 saturated carbocycles. The van der Waals surface area contributed by atoms with Crippen LogP contribution in [0.15, 0.2) is 76.4 Å². The molecule has 0 fully saturated rings. The first-order valence-corrected chi connectivity index (χ1v) is 12.0. The molecule has 0 aliphatic rings. The van der Waals surface area contributed by atoms with Crippen molar-refractivity contribution in [2.45, 2.75) is 18.4 Å². The third-order valence-electron chi connectivity index (χ3n) is 5.04. The Bertz CT molecular complexity index is 1470. The van der Waals surface area contributed by atoms with Gasteiger partial charge in [-0.3, -0.25) is 14.1 Å². The van der Waals surface area contributed by atoms with E-state index in [9.17, 15) is 18.0 Å². The minimum absolute atomic E-state index is 0.0287. The van der Waals surface area contributed by atoms with Gasteiger partial charge in [-0.1, -0.05) is 47.7 Å². The number of sulfonamides is 1. The molecule has 0 unspecified atom stereocenters. The molecule has 0 atom stereocenters. The van der Waals surface area contributed by atoms with Crippen LogP contribution in [0.3, 0.4) is 0 Å². The second-order valence-corrected chi connectivity index (χ2v) is 9.87. The molecule has 0 radical (unpaired) electrons. The van der Waals surface area contributed by atoms with E-state index in [0.29, 0.717) is 22.3 Å². The minimum atomic E-state index is -3.95. The van der Waals surface area contributed by atoms with Crippen molar-refractivity contribution in [1.82, 2.24) is 4.57 Å². The van der Waals surface area contributed by atoms with Gasteiger partial charge in [0.1, 0.15) is 0 Å². The number of fused-ring (bicyclic) bond motifs is 1. The number of methoxy groups -OCH3 is 1. The molecule has 0 aliphatic heterocycles. The number of thiazole rings is 1. The predicted molar refractivity (Wildman–Crippen MR) is 125 cm³/mol. The summed E-state index contributed by atoms with van der Waals surface area (Å²) in [6.45, 7) is 2.14. The van der Waals surface area contributed by atoms with Crippen molar-refractivity contribution in [2.75, 3.05) is 11.8 Å². The molecule has 7 nitrogen and oxygen atoms in total. The highest BCUT2D eigenvalue weighted by Crippen LogP contribution is 2.26. The summed E-state index contributed by atoms with van der Waals surface area (Å²) < 4.78 is 35.5. The highest BCUT2D eigenvalue weighted by molar-refractivity contribution is 7.92. The highest BCUT2D eigenvalue weighted by atomic mass is 32.2. The van der Waals surface area contributed by atoms with Crippen molar-refractivity contribution in [3.05, 3.63) is 93.1 Å². The average Bonchev–Trinajstić information content (AvgIpc) is 3.09. The highest BCUT2D eigenvalue weighted by Gasteiger charge is 2.19. The molecule has 9 heteroatoms. The van der Waals surface area contributed by atoms with Gasteiger partial charge >= 0.3 is 10.8 Å². The Labute approximate surface area is 189 Å². The largest absolute Gasteiger partial charge is 0.465 e. The lowest BCUT2D eigenvalue weighted by molar-refractivity contribution is 0.0600.